The van der Waals surface area contributed by atoms with Crippen LogP contribution in [0, 0.1) is 0 Å². The van der Waals surface area contributed by atoms with E-state index in [0.717, 1.165) is 9.99 Å². The molecule has 0 fully saturated rings. The van der Waals surface area contributed by atoms with Gasteiger partial charge in [-0.2, -0.15) is 0 Å². The molecule has 25 heavy (non-hydrogen) atoms. The quantitative estimate of drug-likeness (QED) is 0.630. The van der Waals surface area contributed by atoms with Crippen molar-refractivity contribution in [3.8, 4) is 0 Å². The summed E-state index contributed by atoms with van der Waals surface area (Å²) in [5.74, 6) is 0.218. The second-order valence-electron chi connectivity index (χ2n) is 5.56. The molecule has 0 radical (unpaired) electrons. The number of fused-ring (bicyclic) bond motifs is 1. The number of hydrogen-bond acceptors (Lipinski definition) is 4. The summed E-state index contributed by atoms with van der Waals surface area (Å²) in [5, 5.41) is 0. The highest BCUT2D eigenvalue weighted by Crippen LogP contribution is 2.17. The lowest BCUT2D eigenvalue weighted by Gasteiger charge is -2.19. The lowest BCUT2D eigenvalue weighted by Crippen LogP contribution is -2.31. The monoisotopic (exact) mass is 403 g/mol. The molecule has 0 aliphatic carbocycles. The number of carbonyl (C=O) groups excluding carboxylic acids is 1. The number of rotatable bonds is 6. The Balaban J connectivity index is 1.66. The minimum absolute atomic E-state index is 0.0156. The molecule has 0 aliphatic heterocycles. The van der Waals surface area contributed by atoms with Crippen molar-refractivity contribution in [3.63, 3.8) is 0 Å². The maximum Gasteiger partial charge on any atom is 0.419 e. The molecule has 0 saturated heterocycles. The van der Waals surface area contributed by atoms with Crippen LogP contribution >= 0.6 is 15.9 Å². The normalized spacial score (nSPS) is 11.0. The molecular weight excluding hydrogens is 386 g/mol. The predicted octanol–water partition coefficient (Wildman–Crippen LogP) is 3.59. The number of anilines is 1. The van der Waals surface area contributed by atoms with E-state index in [1.807, 2.05) is 31.2 Å². The van der Waals surface area contributed by atoms with Crippen LogP contribution in [0.4, 0.5) is 5.82 Å². The van der Waals surface area contributed by atoms with E-state index in [4.69, 9.17) is 4.42 Å². The van der Waals surface area contributed by atoms with E-state index in [9.17, 15) is 9.59 Å². The SMILES string of the molecule is CCN(C(=O)CCCn1c(=O)oc2ccccc21)c1ccc(Br)cn1. The van der Waals surface area contributed by atoms with E-state index in [2.05, 4.69) is 20.9 Å². The third-order valence-corrected chi connectivity index (χ3v) is 4.42. The average molecular weight is 404 g/mol. The number of benzene rings is 1. The van der Waals surface area contributed by atoms with Crippen LogP contribution in [-0.4, -0.2) is 22.0 Å². The maximum atomic E-state index is 12.5. The van der Waals surface area contributed by atoms with Gasteiger partial charge in [-0.3, -0.25) is 14.3 Å². The van der Waals surface area contributed by atoms with Gasteiger partial charge in [0.05, 0.1) is 5.52 Å². The molecule has 0 atom stereocenters. The van der Waals surface area contributed by atoms with Crippen molar-refractivity contribution in [3.05, 3.63) is 57.6 Å². The summed E-state index contributed by atoms with van der Waals surface area (Å²) in [4.78, 5) is 30.4. The second kappa shape index (κ2) is 7.65. The molecule has 3 aromatic rings. The van der Waals surface area contributed by atoms with Gasteiger partial charge in [-0.15, -0.1) is 0 Å². The summed E-state index contributed by atoms with van der Waals surface area (Å²) < 4.78 is 7.64. The second-order valence-corrected chi connectivity index (χ2v) is 6.48. The summed E-state index contributed by atoms with van der Waals surface area (Å²) in [6.07, 6.45) is 2.55. The largest absolute Gasteiger partial charge is 0.419 e. The van der Waals surface area contributed by atoms with Gasteiger partial charge in [-0.25, -0.2) is 9.78 Å². The Kier molecular flexibility index (Phi) is 5.33. The summed E-state index contributed by atoms with van der Waals surface area (Å²) >= 11 is 3.34. The number of nitrogens with zero attached hydrogens (tertiary/aromatic N) is 3. The van der Waals surface area contributed by atoms with Crippen molar-refractivity contribution in [2.45, 2.75) is 26.3 Å². The topological polar surface area (TPSA) is 68.3 Å². The first kappa shape index (κ1) is 17.4. The number of hydrogen-bond donors (Lipinski definition) is 0. The fourth-order valence-corrected chi connectivity index (χ4v) is 2.98. The highest BCUT2D eigenvalue weighted by Gasteiger charge is 2.15. The van der Waals surface area contributed by atoms with Gasteiger partial charge in [0, 0.05) is 30.2 Å². The van der Waals surface area contributed by atoms with Crippen molar-refractivity contribution in [2.75, 3.05) is 11.4 Å². The molecule has 0 saturated carbocycles. The number of pyridine rings is 1. The highest BCUT2D eigenvalue weighted by molar-refractivity contribution is 9.10. The zero-order chi connectivity index (χ0) is 17.8. The molecule has 1 amide bonds. The Morgan fingerprint density at radius 3 is 2.80 bits per heavy atom. The van der Waals surface area contributed by atoms with Crippen LogP contribution in [0.3, 0.4) is 0 Å². The number of aryl methyl sites for hydroxylation is 1. The molecule has 2 aromatic heterocycles. The van der Waals surface area contributed by atoms with Gasteiger partial charge >= 0.3 is 5.76 Å². The molecule has 0 aliphatic rings. The average Bonchev–Trinajstić information content (AvgIpc) is 2.93. The number of carbonyl (C=O) groups is 1. The molecular formula is C18H18BrN3O3. The van der Waals surface area contributed by atoms with Gasteiger partial charge < -0.3 is 4.42 Å². The number of amides is 1. The Morgan fingerprint density at radius 2 is 2.08 bits per heavy atom. The molecule has 0 spiro atoms. The molecule has 6 nitrogen and oxygen atoms in total. The van der Waals surface area contributed by atoms with Gasteiger partial charge in [0.2, 0.25) is 5.91 Å². The lowest BCUT2D eigenvalue weighted by molar-refractivity contribution is -0.118. The molecule has 0 unspecified atom stereocenters. The molecule has 0 N–H and O–H groups in total. The standard InChI is InChI=1S/C18H18BrN3O3/c1-2-21(16-10-9-13(19)12-20-16)17(23)8-5-11-22-14-6-3-4-7-15(14)25-18(22)24/h3-4,6-7,9-10,12H,2,5,8,11H2,1H3. The summed E-state index contributed by atoms with van der Waals surface area (Å²) in [7, 11) is 0. The summed E-state index contributed by atoms with van der Waals surface area (Å²) in [5.41, 5.74) is 1.31. The van der Waals surface area contributed by atoms with E-state index in [0.29, 0.717) is 37.3 Å². The van der Waals surface area contributed by atoms with Crippen molar-refractivity contribution in [1.82, 2.24) is 9.55 Å². The molecule has 1 aromatic carbocycles. The Morgan fingerprint density at radius 1 is 1.28 bits per heavy atom. The van der Waals surface area contributed by atoms with Crippen molar-refractivity contribution >= 4 is 38.8 Å². The first-order chi connectivity index (χ1) is 12.1. The Labute approximate surface area is 153 Å². The van der Waals surface area contributed by atoms with Crippen LogP contribution in [-0.2, 0) is 11.3 Å². The minimum atomic E-state index is -0.393. The zero-order valence-corrected chi connectivity index (χ0v) is 15.4. The first-order valence-electron chi connectivity index (χ1n) is 8.10. The van der Waals surface area contributed by atoms with E-state index < -0.39 is 5.76 Å². The van der Waals surface area contributed by atoms with E-state index in [1.54, 1.807) is 27.8 Å². The maximum absolute atomic E-state index is 12.5. The molecule has 7 heteroatoms. The van der Waals surface area contributed by atoms with Crippen molar-refractivity contribution in [2.24, 2.45) is 0 Å². The van der Waals surface area contributed by atoms with Gasteiger partial charge in [-0.1, -0.05) is 12.1 Å². The van der Waals surface area contributed by atoms with Crippen LogP contribution < -0.4 is 10.7 Å². The van der Waals surface area contributed by atoms with Crippen molar-refractivity contribution < 1.29 is 9.21 Å². The van der Waals surface area contributed by atoms with Crippen LogP contribution in [0.15, 0.2) is 56.3 Å². The van der Waals surface area contributed by atoms with Gasteiger partial charge in [0.25, 0.3) is 0 Å². The number of halogens is 1. The fraction of sp³-hybridized carbons (Fsp3) is 0.278. The third kappa shape index (κ3) is 3.82. The van der Waals surface area contributed by atoms with Gasteiger partial charge in [-0.05, 0) is 53.5 Å². The highest BCUT2D eigenvalue weighted by atomic mass is 79.9. The summed E-state index contributed by atoms with van der Waals surface area (Å²) in [6, 6.07) is 10.9. The van der Waals surface area contributed by atoms with Crippen LogP contribution in [0.5, 0.6) is 0 Å². The van der Waals surface area contributed by atoms with Gasteiger partial charge in [0.15, 0.2) is 5.58 Å². The molecule has 2 heterocycles. The summed E-state index contributed by atoms with van der Waals surface area (Å²) in [6.45, 7) is 2.89. The smallest absolute Gasteiger partial charge is 0.408 e. The van der Waals surface area contributed by atoms with Gasteiger partial charge in [0.1, 0.15) is 5.82 Å². The number of oxazole rings is 1. The van der Waals surface area contributed by atoms with E-state index in [-0.39, 0.29) is 5.91 Å². The predicted molar refractivity (Wildman–Crippen MR) is 99.7 cm³/mol. The Hall–Kier alpha value is -2.41. The zero-order valence-electron chi connectivity index (χ0n) is 13.8. The first-order valence-corrected chi connectivity index (χ1v) is 8.89. The molecule has 130 valence electrons. The van der Waals surface area contributed by atoms with Crippen LogP contribution in [0.1, 0.15) is 19.8 Å². The van der Waals surface area contributed by atoms with Crippen molar-refractivity contribution in [1.29, 1.82) is 0 Å². The third-order valence-electron chi connectivity index (χ3n) is 3.95. The Bertz CT molecular complexity index is 931. The molecule has 3 rings (SSSR count). The number of para-hydroxylation sites is 2. The van der Waals surface area contributed by atoms with E-state index >= 15 is 0 Å². The fourth-order valence-electron chi connectivity index (χ4n) is 2.74. The lowest BCUT2D eigenvalue weighted by atomic mass is 10.2. The molecule has 0 bridgehead atoms. The van der Waals surface area contributed by atoms with E-state index in [1.165, 1.54) is 0 Å². The van der Waals surface area contributed by atoms with Crippen LogP contribution in [0.25, 0.3) is 11.1 Å². The number of aromatic nitrogens is 2. The minimum Gasteiger partial charge on any atom is -0.408 e. The van der Waals surface area contributed by atoms with Crippen LogP contribution in [0.2, 0.25) is 0 Å².